The highest BCUT2D eigenvalue weighted by molar-refractivity contribution is 8.01. The molecule has 5 nitrogen and oxygen atoms in total. The minimum absolute atomic E-state index is 0.217. The summed E-state index contributed by atoms with van der Waals surface area (Å²) in [4.78, 5) is 12.3. The normalized spacial score (nSPS) is 10.5. The number of ether oxygens (including phenoxy) is 1. The minimum Gasteiger partial charge on any atom is -0.457 e. The molecular formula is C18H17N3O2S2. The zero-order valence-corrected chi connectivity index (χ0v) is 15.5. The molecule has 128 valence electrons. The number of nitrogens with zero attached hydrogens (tertiary/aromatic N) is 2. The first-order valence-corrected chi connectivity index (χ1v) is 9.56. The summed E-state index contributed by atoms with van der Waals surface area (Å²) in [5.41, 5.74) is 1.72. The average Bonchev–Trinajstić information content (AvgIpc) is 3.05. The molecule has 0 spiro atoms. The van der Waals surface area contributed by atoms with E-state index in [1.54, 1.807) is 36.0 Å². The second-order valence-electron chi connectivity index (χ2n) is 5.20. The summed E-state index contributed by atoms with van der Waals surface area (Å²) in [6.45, 7) is 4.07. The molecule has 3 aromatic rings. The van der Waals surface area contributed by atoms with Crippen molar-refractivity contribution in [2.24, 2.45) is 0 Å². The van der Waals surface area contributed by atoms with Gasteiger partial charge in [0.2, 0.25) is 5.13 Å². The van der Waals surface area contributed by atoms with Crippen molar-refractivity contribution < 1.29 is 9.53 Å². The molecule has 0 aliphatic carbocycles. The summed E-state index contributed by atoms with van der Waals surface area (Å²) < 4.78 is 6.61. The third-order valence-electron chi connectivity index (χ3n) is 3.27. The molecule has 0 atom stereocenters. The van der Waals surface area contributed by atoms with Gasteiger partial charge >= 0.3 is 0 Å². The molecule has 2 aromatic carbocycles. The Kier molecular flexibility index (Phi) is 5.67. The molecular weight excluding hydrogens is 354 g/mol. The van der Waals surface area contributed by atoms with Gasteiger partial charge in [-0.2, -0.15) is 0 Å². The molecule has 3 rings (SSSR count). The molecule has 1 N–H and O–H groups in total. The van der Waals surface area contributed by atoms with Crippen molar-refractivity contribution >= 4 is 34.1 Å². The molecule has 0 fully saturated rings. The third kappa shape index (κ3) is 4.80. The van der Waals surface area contributed by atoms with Gasteiger partial charge in [0.15, 0.2) is 4.34 Å². The summed E-state index contributed by atoms with van der Waals surface area (Å²) in [5, 5.41) is 11.3. The van der Waals surface area contributed by atoms with Gasteiger partial charge in [-0.25, -0.2) is 0 Å². The number of aromatic nitrogens is 2. The maximum Gasteiger partial charge on any atom is 0.257 e. The molecule has 0 radical (unpaired) electrons. The van der Waals surface area contributed by atoms with E-state index >= 15 is 0 Å². The molecule has 0 bridgehead atoms. The first-order valence-electron chi connectivity index (χ1n) is 7.76. The number of rotatable bonds is 6. The van der Waals surface area contributed by atoms with Crippen LogP contribution in [0.15, 0.2) is 52.9 Å². The standard InChI is InChI=1S/C18H17N3O2S2/c1-3-24-18-21-20-17(25-18)19-16(22)13-6-10-15(11-7-13)23-14-8-4-12(2)5-9-14/h4-11H,3H2,1-2H3,(H,19,20,22). The van der Waals surface area contributed by atoms with Gasteiger partial charge in [0.1, 0.15) is 11.5 Å². The van der Waals surface area contributed by atoms with Crippen molar-refractivity contribution in [2.75, 3.05) is 11.1 Å². The van der Waals surface area contributed by atoms with Gasteiger partial charge in [0.25, 0.3) is 5.91 Å². The molecule has 0 saturated heterocycles. The van der Waals surface area contributed by atoms with Gasteiger partial charge in [-0.05, 0) is 49.1 Å². The molecule has 0 saturated carbocycles. The van der Waals surface area contributed by atoms with E-state index in [1.807, 2.05) is 38.1 Å². The Hall–Kier alpha value is -2.38. The predicted octanol–water partition coefficient (Wildman–Crippen LogP) is 5.00. The van der Waals surface area contributed by atoms with Crippen LogP contribution in [0.2, 0.25) is 0 Å². The van der Waals surface area contributed by atoms with Crippen LogP contribution >= 0.6 is 23.1 Å². The number of nitrogens with one attached hydrogen (secondary N) is 1. The molecule has 0 unspecified atom stereocenters. The number of hydrogen-bond acceptors (Lipinski definition) is 6. The van der Waals surface area contributed by atoms with Crippen molar-refractivity contribution in [3.05, 3.63) is 59.7 Å². The number of aryl methyl sites for hydroxylation is 1. The Morgan fingerprint density at radius 3 is 2.36 bits per heavy atom. The molecule has 1 aromatic heterocycles. The van der Waals surface area contributed by atoms with Gasteiger partial charge in [0.05, 0.1) is 0 Å². The quantitative estimate of drug-likeness (QED) is 0.488. The lowest BCUT2D eigenvalue weighted by atomic mass is 10.2. The highest BCUT2D eigenvalue weighted by Crippen LogP contribution is 2.26. The number of thioether (sulfide) groups is 1. The summed E-state index contributed by atoms with van der Waals surface area (Å²) in [6, 6.07) is 14.8. The lowest BCUT2D eigenvalue weighted by Gasteiger charge is -2.07. The van der Waals surface area contributed by atoms with Gasteiger partial charge < -0.3 is 4.74 Å². The van der Waals surface area contributed by atoms with Crippen molar-refractivity contribution in [3.8, 4) is 11.5 Å². The molecule has 1 amide bonds. The summed E-state index contributed by atoms with van der Waals surface area (Å²) in [6.07, 6.45) is 0. The Morgan fingerprint density at radius 1 is 1.08 bits per heavy atom. The van der Waals surface area contributed by atoms with E-state index in [2.05, 4.69) is 15.5 Å². The molecule has 25 heavy (non-hydrogen) atoms. The Morgan fingerprint density at radius 2 is 1.72 bits per heavy atom. The van der Waals surface area contributed by atoms with Crippen molar-refractivity contribution in [3.63, 3.8) is 0 Å². The van der Waals surface area contributed by atoms with E-state index in [-0.39, 0.29) is 5.91 Å². The maximum absolute atomic E-state index is 12.3. The fraction of sp³-hybridized carbons (Fsp3) is 0.167. The molecule has 0 aliphatic heterocycles. The number of carbonyl (C=O) groups excluding carboxylic acids is 1. The van der Waals surface area contributed by atoms with Gasteiger partial charge in [-0.1, -0.05) is 47.7 Å². The molecule has 0 aliphatic rings. The summed E-state index contributed by atoms with van der Waals surface area (Å²) >= 11 is 2.97. The van der Waals surface area contributed by atoms with Crippen LogP contribution in [0, 0.1) is 6.92 Å². The Labute approximate surface area is 154 Å². The second-order valence-corrected chi connectivity index (χ2v) is 7.69. The summed E-state index contributed by atoms with van der Waals surface area (Å²) in [7, 11) is 0. The zero-order chi connectivity index (χ0) is 17.6. The minimum atomic E-state index is -0.217. The van der Waals surface area contributed by atoms with E-state index in [4.69, 9.17) is 4.74 Å². The zero-order valence-electron chi connectivity index (χ0n) is 13.9. The average molecular weight is 371 g/mol. The van der Waals surface area contributed by atoms with Crippen LogP contribution in [0.25, 0.3) is 0 Å². The summed E-state index contributed by atoms with van der Waals surface area (Å²) in [5.74, 6) is 2.15. The SMILES string of the molecule is CCSc1nnc(NC(=O)c2ccc(Oc3ccc(C)cc3)cc2)s1. The van der Waals surface area contributed by atoms with Crippen LogP contribution in [-0.2, 0) is 0 Å². The van der Waals surface area contributed by atoms with Crippen LogP contribution in [0.5, 0.6) is 11.5 Å². The first-order chi connectivity index (χ1) is 12.1. The van der Waals surface area contributed by atoms with E-state index in [0.29, 0.717) is 16.4 Å². The Bertz CT molecular complexity index is 846. The fourth-order valence-electron chi connectivity index (χ4n) is 2.03. The van der Waals surface area contributed by atoms with Gasteiger partial charge in [0, 0.05) is 5.56 Å². The van der Waals surface area contributed by atoms with Crippen molar-refractivity contribution in [1.82, 2.24) is 10.2 Å². The highest BCUT2D eigenvalue weighted by atomic mass is 32.2. The van der Waals surface area contributed by atoms with Crippen LogP contribution in [0.1, 0.15) is 22.8 Å². The fourth-order valence-corrected chi connectivity index (χ4v) is 3.67. The molecule has 7 heteroatoms. The maximum atomic E-state index is 12.3. The number of amides is 1. The van der Waals surface area contributed by atoms with E-state index < -0.39 is 0 Å². The van der Waals surface area contributed by atoms with E-state index in [9.17, 15) is 4.79 Å². The van der Waals surface area contributed by atoms with Crippen molar-refractivity contribution in [2.45, 2.75) is 18.2 Å². The smallest absolute Gasteiger partial charge is 0.257 e. The first kappa shape index (κ1) is 17.4. The number of benzene rings is 2. The lowest BCUT2D eigenvalue weighted by Crippen LogP contribution is -2.11. The number of carbonyl (C=O) groups is 1. The van der Waals surface area contributed by atoms with Crippen LogP contribution < -0.4 is 10.1 Å². The van der Waals surface area contributed by atoms with Gasteiger partial charge in [-0.3, -0.25) is 10.1 Å². The van der Waals surface area contributed by atoms with Gasteiger partial charge in [-0.15, -0.1) is 10.2 Å². The predicted molar refractivity (Wildman–Crippen MR) is 102 cm³/mol. The Balaban J connectivity index is 1.62. The topological polar surface area (TPSA) is 64.1 Å². The van der Waals surface area contributed by atoms with E-state index in [0.717, 1.165) is 15.8 Å². The van der Waals surface area contributed by atoms with Crippen molar-refractivity contribution in [1.29, 1.82) is 0 Å². The van der Waals surface area contributed by atoms with Crippen LogP contribution in [0.4, 0.5) is 5.13 Å². The monoisotopic (exact) mass is 371 g/mol. The number of hydrogen-bond donors (Lipinski definition) is 1. The number of anilines is 1. The largest absolute Gasteiger partial charge is 0.457 e. The third-order valence-corrected chi connectivity index (χ3v) is 5.12. The lowest BCUT2D eigenvalue weighted by molar-refractivity contribution is 0.102. The van der Waals surface area contributed by atoms with Crippen LogP contribution in [-0.4, -0.2) is 21.9 Å². The van der Waals surface area contributed by atoms with Crippen LogP contribution in [0.3, 0.4) is 0 Å². The van der Waals surface area contributed by atoms with E-state index in [1.165, 1.54) is 16.9 Å². The highest BCUT2D eigenvalue weighted by Gasteiger charge is 2.10. The molecule has 1 heterocycles. The second kappa shape index (κ2) is 8.13.